The van der Waals surface area contributed by atoms with E-state index in [0.717, 1.165) is 28.1 Å². The van der Waals surface area contributed by atoms with Crippen molar-refractivity contribution in [2.24, 2.45) is 0 Å². The van der Waals surface area contributed by atoms with Crippen molar-refractivity contribution in [2.45, 2.75) is 20.8 Å². The van der Waals surface area contributed by atoms with Crippen LogP contribution in [0.4, 0.5) is 5.69 Å². The number of ether oxygens (including phenoxy) is 2. The molecule has 1 N–H and O–H groups in total. The number of rotatable bonds is 6. The molecule has 33 heavy (non-hydrogen) atoms. The van der Waals surface area contributed by atoms with E-state index in [0.29, 0.717) is 22.9 Å². The summed E-state index contributed by atoms with van der Waals surface area (Å²) in [6.45, 7) is 6.09. The van der Waals surface area contributed by atoms with Gasteiger partial charge in [0.1, 0.15) is 17.2 Å². The fourth-order valence-corrected chi connectivity index (χ4v) is 3.58. The molecule has 1 amide bonds. The van der Waals surface area contributed by atoms with E-state index in [9.17, 15) is 4.79 Å². The smallest absolute Gasteiger partial charge is 0.274 e. The topological polar surface area (TPSA) is 65.4 Å². The molecule has 0 aliphatic heterocycles. The number of hydrogen-bond acceptors (Lipinski definition) is 4. The third-order valence-corrected chi connectivity index (χ3v) is 5.67. The number of carbonyl (C=O) groups is 1. The van der Waals surface area contributed by atoms with E-state index < -0.39 is 0 Å². The SMILES string of the molecule is COc1ccc(-c2cc(C(=O)Nc3ccc(C)c(C)c3)n(-c3ccc(C)cc3)n2)c(OC)c1. The van der Waals surface area contributed by atoms with Crippen molar-refractivity contribution < 1.29 is 14.3 Å². The van der Waals surface area contributed by atoms with Crippen molar-refractivity contribution >= 4 is 11.6 Å². The lowest BCUT2D eigenvalue weighted by atomic mass is 10.1. The minimum absolute atomic E-state index is 0.245. The van der Waals surface area contributed by atoms with Crippen molar-refractivity contribution in [3.8, 4) is 28.4 Å². The summed E-state index contributed by atoms with van der Waals surface area (Å²) in [7, 11) is 3.21. The van der Waals surface area contributed by atoms with Gasteiger partial charge in [-0.25, -0.2) is 4.68 Å². The average molecular weight is 442 g/mol. The zero-order valence-electron chi connectivity index (χ0n) is 19.5. The molecule has 3 aromatic carbocycles. The molecular formula is C27H27N3O3. The monoisotopic (exact) mass is 441 g/mol. The van der Waals surface area contributed by atoms with E-state index in [-0.39, 0.29) is 5.91 Å². The van der Waals surface area contributed by atoms with Gasteiger partial charge in [-0.15, -0.1) is 0 Å². The second-order valence-electron chi connectivity index (χ2n) is 7.98. The second kappa shape index (κ2) is 9.20. The number of anilines is 1. The summed E-state index contributed by atoms with van der Waals surface area (Å²) in [6.07, 6.45) is 0. The van der Waals surface area contributed by atoms with Gasteiger partial charge in [-0.1, -0.05) is 23.8 Å². The van der Waals surface area contributed by atoms with Crippen molar-refractivity contribution in [3.05, 3.63) is 89.1 Å². The Morgan fingerprint density at radius 2 is 1.61 bits per heavy atom. The summed E-state index contributed by atoms with van der Waals surface area (Å²) in [5, 5.41) is 7.78. The van der Waals surface area contributed by atoms with Crippen molar-refractivity contribution in [2.75, 3.05) is 19.5 Å². The van der Waals surface area contributed by atoms with Crippen LogP contribution in [0.2, 0.25) is 0 Å². The number of amides is 1. The molecule has 0 unspecified atom stereocenters. The standard InChI is InChI=1S/C27H27N3O3/c1-17-6-10-21(11-7-17)30-25(27(31)28-20-9-8-18(2)19(3)14-20)16-24(29-30)23-13-12-22(32-4)15-26(23)33-5/h6-16H,1-5H3,(H,28,31). The summed E-state index contributed by atoms with van der Waals surface area (Å²) < 4.78 is 12.5. The minimum Gasteiger partial charge on any atom is -0.497 e. The molecule has 0 bridgehead atoms. The Morgan fingerprint density at radius 1 is 0.848 bits per heavy atom. The first-order valence-corrected chi connectivity index (χ1v) is 10.7. The number of carbonyl (C=O) groups excluding carboxylic acids is 1. The molecule has 0 aliphatic carbocycles. The summed E-state index contributed by atoms with van der Waals surface area (Å²) in [6, 6.07) is 21.1. The van der Waals surface area contributed by atoms with Crippen LogP contribution in [0, 0.1) is 20.8 Å². The Hall–Kier alpha value is -4.06. The highest BCUT2D eigenvalue weighted by Gasteiger charge is 2.20. The first kappa shape index (κ1) is 22.1. The van der Waals surface area contributed by atoms with E-state index in [2.05, 4.69) is 5.32 Å². The van der Waals surface area contributed by atoms with Crippen LogP contribution in [0.3, 0.4) is 0 Å². The molecule has 6 heteroatoms. The van der Waals surface area contributed by atoms with Gasteiger partial charge in [0.05, 0.1) is 25.6 Å². The Labute approximate surface area is 193 Å². The van der Waals surface area contributed by atoms with Crippen LogP contribution in [-0.2, 0) is 0 Å². The molecule has 1 aromatic heterocycles. The maximum Gasteiger partial charge on any atom is 0.274 e. The number of methoxy groups -OCH3 is 2. The Morgan fingerprint density at radius 3 is 2.27 bits per heavy atom. The van der Waals surface area contributed by atoms with Crippen molar-refractivity contribution in [1.82, 2.24) is 9.78 Å². The molecule has 0 spiro atoms. The molecule has 0 radical (unpaired) electrons. The number of nitrogens with one attached hydrogen (secondary N) is 1. The van der Waals surface area contributed by atoms with Crippen molar-refractivity contribution in [3.63, 3.8) is 0 Å². The first-order chi connectivity index (χ1) is 15.9. The van der Waals surface area contributed by atoms with E-state index >= 15 is 0 Å². The predicted octanol–water partition coefficient (Wildman–Crippen LogP) is 5.73. The van der Waals surface area contributed by atoms with Gasteiger partial charge in [0.2, 0.25) is 0 Å². The number of aryl methyl sites for hydroxylation is 3. The van der Waals surface area contributed by atoms with E-state index in [4.69, 9.17) is 14.6 Å². The van der Waals surface area contributed by atoms with E-state index in [1.165, 1.54) is 5.56 Å². The Balaban J connectivity index is 1.79. The lowest BCUT2D eigenvalue weighted by Gasteiger charge is -2.10. The van der Waals surface area contributed by atoms with Crippen LogP contribution in [0.1, 0.15) is 27.2 Å². The highest BCUT2D eigenvalue weighted by atomic mass is 16.5. The highest BCUT2D eigenvalue weighted by Crippen LogP contribution is 2.33. The predicted molar refractivity (Wildman–Crippen MR) is 131 cm³/mol. The lowest BCUT2D eigenvalue weighted by Crippen LogP contribution is -2.17. The van der Waals surface area contributed by atoms with E-state index in [1.807, 2.05) is 75.4 Å². The number of hydrogen-bond donors (Lipinski definition) is 1. The molecule has 0 saturated carbocycles. The number of aromatic nitrogens is 2. The van der Waals surface area contributed by atoms with Gasteiger partial charge >= 0.3 is 0 Å². The fourth-order valence-electron chi connectivity index (χ4n) is 3.58. The Bertz CT molecular complexity index is 1310. The third kappa shape index (κ3) is 4.60. The van der Waals surface area contributed by atoms with Gasteiger partial charge in [-0.3, -0.25) is 4.79 Å². The molecule has 4 rings (SSSR count). The van der Waals surface area contributed by atoms with Crippen LogP contribution in [0.5, 0.6) is 11.5 Å². The van der Waals surface area contributed by atoms with Crippen LogP contribution in [-0.4, -0.2) is 29.9 Å². The van der Waals surface area contributed by atoms with Crippen LogP contribution < -0.4 is 14.8 Å². The molecule has 0 aliphatic rings. The Kier molecular flexibility index (Phi) is 6.18. The lowest BCUT2D eigenvalue weighted by molar-refractivity contribution is 0.101. The molecule has 6 nitrogen and oxygen atoms in total. The quantitative estimate of drug-likeness (QED) is 0.415. The van der Waals surface area contributed by atoms with Gasteiger partial charge in [0.25, 0.3) is 5.91 Å². The summed E-state index contributed by atoms with van der Waals surface area (Å²) in [5.74, 6) is 1.05. The number of nitrogens with zero attached hydrogens (tertiary/aromatic N) is 2. The largest absolute Gasteiger partial charge is 0.497 e. The van der Waals surface area contributed by atoms with Crippen LogP contribution in [0.15, 0.2) is 66.7 Å². The van der Waals surface area contributed by atoms with Gasteiger partial charge in [-0.2, -0.15) is 5.10 Å². The summed E-state index contributed by atoms with van der Waals surface area (Å²) in [5.41, 5.74) is 6.77. The highest BCUT2D eigenvalue weighted by molar-refractivity contribution is 6.04. The molecule has 0 saturated heterocycles. The second-order valence-corrected chi connectivity index (χ2v) is 7.98. The number of benzene rings is 3. The van der Waals surface area contributed by atoms with Gasteiger partial charge < -0.3 is 14.8 Å². The normalized spacial score (nSPS) is 10.7. The first-order valence-electron chi connectivity index (χ1n) is 10.7. The molecule has 0 atom stereocenters. The molecular weight excluding hydrogens is 414 g/mol. The summed E-state index contributed by atoms with van der Waals surface area (Å²) in [4.78, 5) is 13.3. The average Bonchev–Trinajstić information content (AvgIpc) is 3.27. The minimum atomic E-state index is -0.245. The zero-order valence-corrected chi connectivity index (χ0v) is 19.5. The fraction of sp³-hybridized carbons (Fsp3) is 0.185. The molecule has 0 fully saturated rings. The van der Waals surface area contributed by atoms with E-state index in [1.54, 1.807) is 31.0 Å². The maximum atomic E-state index is 13.3. The van der Waals surface area contributed by atoms with Crippen molar-refractivity contribution in [1.29, 1.82) is 0 Å². The summed E-state index contributed by atoms with van der Waals surface area (Å²) >= 11 is 0. The molecule has 168 valence electrons. The van der Waals surface area contributed by atoms with Gasteiger partial charge in [0, 0.05) is 17.3 Å². The zero-order chi connectivity index (χ0) is 23.5. The molecule has 4 aromatic rings. The third-order valence-electron chi connectivity index (χ3n) is 5.67. The molecule has 1 heterocycles. The van der Waals surface area contributed by atoms with Crippen LogP contribution in [0.25, 0.3) is 16.9 Å². The van der Waals surface area contributed by atoms with Gasteiger partial charge in [0.15, 0.2) is 0 Å². The van der Waals surface area contributed by atoms with Gasteiger partial charge in [-0.05, 0) is 74.4 Å². The maximum absolute atomic E-state index is 13.3. The van der Waals surface area contributed by atoms with Crippen LogP contribution >= 0.6 is 0 Å².